The summed E-state index contributed by atoms with van der Waals surface area (Å²) in [6, 6.07) is 15.9. The number of rotatable bonds is 10. The zero-order chi connectivity index (χ0) is 26.9. The highest BCUT2D eigenvalue weighted by atomic mass is 32.2. The lowest BCUT2D eigenvalue weighted by molar-refractivity contribution is -0.150. The number of thioether (sulfide) groups is 1. The molecule has 3 aromatic rings. The number of carbonyl (C=O) groups is 3. The van der Waals surface area contributed by atoms with Crippen molar-refractivity contribution in [3.05, 3.63) is 83.9 Å². The van der Waals surface area contributed by atoms with Crippen LogP contribution in [0.2, 0.25) is 0 Å². The first-order chi connectivity index (χ1) is 17.7. The second-order valence-electron chi connectivity index (χ2n) is 8.02. The molecule has 1 aromatic heterocycles. The number of amides is 1. The zero-order valence-corrected chi connectivity index (χ0v) is 21.6. The van der Waals surface area contributed by atoms with Gasteiger partial charge in [-0.15, -0.1) is 11.8 Å². The Hall–Kier alpha value is -3.92. The number of hydrogen-bond acceptors (Lipinski definition) is 8. The first-order valence-corrected chi connectivity index (χ1v) is 12.3. The number of nitrogens with zero attached hydrogens (tertiary/aromatic N) is 1. The summed E-state index contributed by atoms with van der Waals surface area (Å²) in [6.45, 7) is 4.41. The number of carbonyl (C=O) groups excluding carboxylic acids is 3. The van der Waals surface area contributed by atoms with Gasteiger partial charge in [0.25, 0.3) is 5.91 Å². The molecule has 2 aromatic carbocycles. The zero-order valence-electron chi connectivity index (χ0n) is 20.8. The normalized spacial score (nSPS) is 13.1. The summed E-state index contributed by atoms with van der Waals surface area (Å²) in [5, 5.41) is 2.23. The number of aromatic nitrogens is 1. The van der Waals surface area contributed by atoms with E-state index in [-0.39, 0.29) is 28.3 Å². The Morgan fingerprint density at radius 3 is 2.30 bits per heavy atom. The molecule has 0 saturated carbocycles. The fourth-order valence-corrected chi connectivity index (χ4v) is 4.53. The SMILES string of the molecule is COc1ccnc(C(=O)N[C@@H](C)C(=O)O[C@@H](C)[C@H](Sc2ccc(F)cc2)c2ccccc2)c1OC(C)=O. The van der Waals surface area contributed by atoms with Crippen LogP contribution in [-0.2, 0) is 14.3 Å². The van der Waals surface area contributed by atoms with E-state index < -0.39 is 30.0 Å². The van der Waals surface area contributed by atoms with Crippen LogP contribution in [0, 0.1) is 5.82 Å². The van der Waals surface area contributed by atoms with Gasteiger partial charge in [0.1, 0.15) is 18.0 Å². The van der Waals surface area contributed by atoms with Crippen molar-refractivity contribution in [3.63, 3.8) is 0 Å². The Balaban J connectivity index is 1.73. The minimum absolute atomic E-state index is 0.141. The number of nitrogens with one attached hydrogen (secondary N) is 1. The Morgan fingerprint density at radius 1 is 1.00 bits per heavy atom. The van der Waals surface area contributed by atoms with Crippen LogP contribution in [0.4, 0.5) is 4.39 Å². The maximum atomic E-state index is 13.4. The molecule has 0 bridgehead atoms. The second-order valence-corrected chi connectivity index (χ2v) is 9.24. The van der Waals surface area contributed by atoms with Gasteiger partial charge >= 0.3 is 11.9 Å². The van der Waals surface area contributed by atoms with E-state index in [1.54, 1.807) is 19.1 Å². The van der Waals surface area contributed by atoms with Gasteiger partial charge in [0.05, 0.1) is 12.4 Å². The number of halogens is 1. The summed E-state index contributed by atoms with van der Waals surface area (Å²) in [5.74, 6) is -2.42. The highest BCUT2D eigenvalue weighted by Crippen LogP contribution is 2.39. The molecule has 37 heavy (non-hydrogen) atoms. The second kappa shape index (κ2) is 12.9. The number of benzene rings is 2. The van der Waals surface area contributed by atoms with Crippen molar-refractivity contribution < 1.29 is 33.0 Å². The van der Waals surface area contributed by atoms with Crippen LogP contribution < -0.4 is 14.8 Å². The van der Waals surface area contributed by atoms with Crippen molar-refractivity contribution in [1.82, 2.24) is 10.3 Å². The molecule has 0 unspecified atom stereocenters. The van der Waals surface area contributed by atoms with E-state index >= 15 is 0 Å². The standard InChI is InChI=1S/C27H27FN2O6S/c1-16(30-26(32)23-24(36-18(3)31)22(34-4)14-15-29-23)27(33)35-17(2)25(19-8-6-5-7-9-19)37-21-12-10-20(28)11-13-21/h5-17,25H,1-4H3,(H,30,32)/t16-,17-,25-/m0/s1. The van der Waals surface area contributed by atoms with E-state index in [1.165, 1.54) is 57.1 Å². The fourth-order valence-electron chi connectivity index (χ4n) is 3.40. The summed E-state index contributed by atoms with van der Waals surface area (Å²) in [5.41, 5.74) is 0.705. The monoisotopic (exact) mass is 526 g/mol. The van der Waals surface area contributed by atoms with E-state index in [0.717, 1.165) is 10.5 Å². The van der Waals surface area contributed by atoms with Crippen molar-refractivity contribution in [3.8, 4) is 11.5 Å². The van der Waals surface area contributed by atoms with Crippen LogP contribution in [0.5, 0.6) is 11.5 Å². The van der Waals surface area contributed by atoms with Crippen molar-refractivity contribution >= 4 is 29.6 Å². The van der Waals surface area contributed by atoms with Crippen LogP contribution in [0.1, 0.15) is 42.1 Å². The molecule has 0 saturated heterocycles. The fraction of sp³-hybridized carbons (Fsp3) is 0.259. The van der Waals surface area contributed by atoms with Crippen molar-refractivity contribution in [2.75, 3.05) is 7.11 Å². The maximum Gasteiger partial charge on any atom is 0.328 e. The first-order valence-electron chi connectivity index (χ1n) is 11.4. The number of esters is 2. The molecule has 0 fully saturated rings. The van der Waals surface area contributed by atoms with Gasteiger partial charge in [-0.1, -0.05) is 30.3 Å². The summed E-state index contributed by atoms with van der Waals surface area (Å²) >= 11 is 1.43. The average Bonchev–Trinajstić information content (AvgIpc) is 2.88. The third-order valence-corrected chi connectivity index (χ3v) is 6.64. The molecule has 3 rings (SSSR count). The predicted octanol–water partition coefficient (Wildman–Crippen LogP) is 4.74. The Morgan fingerprint density at radius 2 is 1.68 bits per heavy atom. The average molecular weight is 527 g/mol. The van der Waals surface area contributed by atoms with Gasteiger partial charge in [0, 0.05) is 24.1 Å². The summed E-state index contributed by atoms with van der Waals surface area (Å²) in [4.78, 5) is 42.1. The third-order valence-electron chi connectivity index (χ3n) is 5.18. The van der Waals surface area contributed by atoms with E-state index in [4.69, 9.17) is 14.2 Å². The van der Waals surface area contributed by atoms with Crippen LogP contribution in [0.25, 0.3) is 0 Å². The number of pyridine rings is 1. The van der Waals surface area contributed by atoms with Crippen LogP contribution in [0.15, 0.2) is 71.8 Å². The Labute approximate surface area is 218 Å². The van der Waals surface area contributed by atoms with E-state index in [1.807, 2.05) is 30.3 Å². The molecule has 0 aliphatic heterocycles. The van der Waals surface area contributed by atoms with Gasteiger partial charge < -0.3 is 19.5 Å². The highest BCUT2D eigenvalue weighted by molar-refractivity contribution is 7.99. The van der Waals surface area contributed by atoms with Crippen LogP contribution >= 0.6 is 11.8 Å². The Kier molecular flexibility index (Phi) is 9.62. The molecular formula is C27H27FN2O6S. The molecule has 1 heterocycles. The van der Waals surface area contributed by atoms with Gasteiger partial charge in [-0.25, -0.2) is 14.2 Å². The molecule has 0 aliphatic carbocycles. The highest BCUT2D eigenvalue weighted by Gasteiger charge is 2.29. The molecular weight excluding hydrogens is 499 g/mol. The number of methoxy groups -OCH3 is 1. The number of hydrogen-bond donors (Lipinski definition) is 1. The van der Waals surface area contributed by atoms with Gasteiger partial charge in [0.15, 0.2) is 11.4 Å². The van der Waals surface area contributed by atoms with Crippen molar-refractivity contribution in [2.24, 2.45) is 0 Å². The first kappa shape index (κ1) is 27.7. The predicted molar refractivity (Wildman–Crippen MR) is 136 cm³/mol. The quantitative estimate of drug-likeness (QED) is 0.299. The maximum absolute atomic E-state index is 13.4. The Bertz CT molecular complexity index is 1240. The lowest BCUT2D eigenvalue weighted by atomic mass is 10.1. The summed E-state index contributed by atoms with van der Waals surface area (Å²) in [7, 11) is 1.36. The third kappa shape index (κ3) is 7.53. The van der Waals surface area contributed by atoms with Crippen LogP contribution in [-0.4, -0.2) is 42.1 Å². The van der Waals surface area contributed by atoms with Gasteiger partial charge in [0.2, 0.25) is 5.75 Å². The molecule has 10 heteroatoms. The summed E-state index contributed by atoms with van der Waals surface area (Å²) < 4.78 is 29.4. The van der Waals surface area contributed by atoms with E-state index in [2.05, 4.69) is 10.3 Å². The molecule has 1 amide bonds. The van der Waals surface area contributed by atoms with Gasteiger partial charge in [-0.05, 0) is 43.7 Å². The molecule has 8 nitrogen and oxygen atoms in total. The largest absolute Gasteiger partial charge is 0.493 e. The number of ether oxygens (including phenoxy) is 3. The minimum atomic E-state index is -1.04. The molecule has 0 aliphatic rings. The molecule has 3 atom stereocenters. The topological polar surface area (TPSA) is 104 Å². The van der Waals surface area contributed by atoms with Crippen molar-refractivity contribution in [1.29, 1.82) is 0 Å². The molecule has 194 valence electrons. The minimum Gasteiger partial charge on any atom is -0.493 e. The summed E-state index contributed by atoms with van der Waals surface area (Å²) in [6.07, 6.45) is 0.721. The lowest BCUT2D eigenvalue weighted by Crippen LogP contribution is -2.41. The van der Waals surface area contributed by atoms with Crippen molar-refractivity contribution in [2.45, 2.75) is 43.1 Å². The van der Waals surface area contributed by atoms with E-state index in [0.29, 0.717) is 0 Å². The van der Waals surface area contributed by atoms with Gasteiger partial charge in [-0.3, -0.25) is 9.59 Å². The lowest BCUT2D eigenvalue weighted by Gasteiger charge is -2.25. The van der Waals surface area contributed by atoms with Gasteiger partial charge in [-0.2, -0.15) is 0 Å². The molecule has 1 N–H and O–H groups in total. The molecule has 0 radical (unpaired) electrons. The van der Waals surface area contributed by atoms with E-state index in [9.17, 15) is 18.8 Å². The van der Waals surface area contributed by atoms with Crippen LogP contribution in [0.3, 0.4) is 0 Å². The smallest absolute Gasteiger partial charge is 0.328 e. The molecule has 0 spiro atoms.